The number of halogens is 2. The molecule has 0 aliphatic carbocycles. The number of benzene rings is 2. The van der Waals surface area contributed by atoms with Crippen molar-refractivity contribution < 1.29 is 9.32 Å². The maximum Gasteiger partial charge on any atom is 0.300 e. The molecule has 5 aromatic rings. The van der Waals surface area contributed by atoms with Crippen molar-refractivity contribution in [3.63, 3.8) is 0 Å². The number of aromatic nitrogens is 5. The average Bonchev–Trinajstić information content (AvgIpc) is 3.38. The molecule has 0 bridgehead atoms. The third-order valence-electron chi connectivity index (χ3n) is 5.53. The largest absolute Gasteiger partial charge is 0.351 e. The molecule has 3 aromatic heterocycles. The van der Waals surface area contributed by atoms with Gasteiger partial charge in [-0.05, 0) is 88.0 Å². The van der Waals surface area contributed by atoms with E-state index in [0.29, 0.717) is 42.4 Å². The van der Waals surface area contributed by atoms with Gasteiger partial charge < -0.3 is 15.2 Å². The Labute approximate surface area is 238 Å². The molecule has 0 spiro atoms. The summed E-state index contributed by atoms with van der Waals surface area (Å²) in [5.74, 6) is 5.59. The van der Waals surface area contributed by atoms with Gasteiger partial charge in [-0.1, -0.05) is 23.6 Å². The van der Waals surface area contributed by atoms with Crippen LogP contribution in [0.25, 0.3) is 16.6 Å². The third kappa shape index (κ3) is 6.55. The van der Waals surface area contributed by atoms with Crippen LogP contribution in [0.2, 0.25) is 5.02 Å². The number of nitrogens with zero attached hydrogens (tertiary/aromatic N) is 5. The topological polar surface area (TPSA) is 106 Å². The van der Waals surface area contributed by atoms with E-state index in [0.717, 1.165) is 33.4 Å². The van der Waals surface area contributed by atoms with Crippen LogP contribution < -0.4 is 10.6 Å². The Morgan fingerprint density at radius 3 is 2.84 bits per heavy atom. The first-order valence-corrected chi connectivity index (χ1v) is 15.8. The standard InChI is InChI=1S/C26H20ClIN7O2P/c27-22-14-20(5-4-18(22)11-17-8-9-35-24(12-17)30-16-32-35)34-26-21-13-19(6-7-23(21)29-15-31-26)33-25(36)3-1-2-10-37-38-28/h4-9,12-16,38H,2,10-11H2,(H,33,36)(H,29,31,34). The number of rotatable bonds is 8. The Morgan fingerprint density at radius 1 is 1.08 bits per heavy atom. The Bertz CT molecular complexity index is 1690. The number of nitrogens with one attached hydrogen (secondary N) is 2. The lowest BCUT2D eigenvalue weighted by Crippen LogP contribution is -2.08. The van der Waals surface area contributed by atoms with E-state index in [2.05, 4.69) is 64.6 Å². The van der Waals surface area contributed by atoms with E-state index >= 15 is 0 Å². The van der Waals surface area contributed by atoms with Gasteiger partial charge in [0, 0.05) is 34.4 Å². The SMILES string of the molecule is O=C(C#CCCOPI)Nc1ccc2ncnc(Nc3ccc(Cc4ccn5ncnc5c4)c(Cl)c3)c2c1. The van der Waals surface area contributed by atoms with Crippen molar-refractivity contribution in [3.05, 3.63) is 83.5 Å². The second-order valence-electron chi connectivity index (χ2n) is 8.09. The van der Waals surface area contributed by atoms with Gasteiger partial charge in [-0.3, -0.25) is 4.79 Å². The number of hydrogen-bond acceptors (Lipinski definition) is 7. The fraction of sp³-hybridized carbons (Fsp3) is 0.115. The molecule has 0 radical (unpaired) electrons. The van der Waals surface area contributed by atoms with Crippen LogP contribution in [0.3, 0.4) is 0 Å². The Balaban J connectivity index is 1.31. The van der Waals surface area contributed by atoms with Crippen LogP contribution in [-0.4, -0.2) is 37.1 Å². The second-order valence-corrected chi connectivity index (χ2v) is 10.3. The highest BCUT2D eigenvalue weighted by Gasteiger charge is 2.09. The van der Waals surface area contributed by atoms with Crippen LogP contribution in [0, 0.1) is 11.8 Å². The summed E-state index contributed by atoms with van der Waals surface area (Å²) < 4.78 is 6.96. The van der Waals surface area contributed by atoms with Crippen molar-refractivity contribution in [2.24, 2.45) is 0 Å². The van der Waals surface area contributed by atoms with E-state index in [4.69, 9.17) is 16.1 Å². The van der Waals surface area contributed by atoms with Crippen LogP contribution >= 0.6 is 40.1 Å². The van der Waals surface area contributed by atoms with Gasteiger partial charge in [-0.25, -0.2) is 19.5 Å². The molecule has 5 rings (SSSR count). The van der Waals surface area contributed by atoms with Gasteiger partial charge in [0.15, 0.2) is 5.65 Å². The molecule has 2 aromatic carbocycles. The zero-order valence-corrected chi connectivity index (χ0v) is 23.7. The molecule has 0 aliphatic rings. The fourth-order valence-electron chi connectivity index (χ4n) is 3.77. The van der Waals surface area contributed by atoms with Gasteiger partial charge in [0.25, 0.3) is 5.91 Å². The molecule has 9 nitrogen and oxygen atoms in total. The Morgan fingerprint density at radius 2 is 1.97 bits per heavy atom. The first kappa shape index (κ1) is 26.3. The Hall–Kier alpha value is -3.36. The number of anilines is 3. The molecule has 1 atom stereocenters. The highest BCUT2D eigenvalue weighted by atomic mass is 127. The van der Waals surface area contributed by atoms with Gasteiger partial charge in [0.05, 0.1) is 18.6 Å². The summed E-state index contributed by atoms with van der Waals surface area (Å²) >= 11 is 8.78. The summed E-state index contributed by atoms with van der Waals surface area (Å²) in [6.45, 7) is 0.890. The van der Waals surface area contributed by atoms with Crippen LogP contribution in [0.1, 0.15) is 17.5 Å². The molecule has 0 fully saturated rings. The third-order valence-corrected chi connectivity index (χ3v) is 7.13. The molecule has 1 unspecified atom stereocenters. The lowest BCUT2D eigenvalue weighted by Gasteiger charge is -2.12. The van der Waals surface area contributed by atoms with E-state index in [-0.39, 0.29) is 0 Å². The number of amides is 1. The first-order chi connectivity index (χ1) is 18.6. The molecular formula is C26H20ClIN7O2P. The van der Waals surface area contributed by atoms with Gasteiger partial charge in [-0.15, -0.1) is 0 Å². The van der Waals surface area contributed by atoms with Crippen LogP contribution in [0.4, 0.5) is 17.2 Å². The van der Waals surface area contributed by atoms with E-state index < -0.39 is 5.91 Å². The predicted molar refractivity (Wildman–Crippen MR) is 159 cm³/mol. The van der Waals surface area contributed by atoms with E-state index in [1.807, 2.05) is 48.7 Å². The first-order valence-electron chi connectivity index (χ1n) is 11.4. The van der Waals surface area contributed by atoms with Crippen molar-refractivity contribution in [3.8, 4) is 11.8 Å². The van der Waals surface area contributed by atoms with Gasteiger partial charge in [0.2, 0.25) is 0 Å². The fourth-order valence-corrected chi connectivity index (χ4v) is 4.86. The van der Waals surface area contributed by atoms with Crippen LogP contribution in [-0.2, 0) is 15.7 Å². The van der Waals surface area contributed by atoms with Crippen molar-refractivity contribution in [1.29, 1.82) is 0 Å². The van der Waals surface area contributed by atoms with E-state index in [1.54, 1.807) is 10.6 Å². The zero-order valence-electron chi connectivity index (χ0n) is 19.8. The van der Waals surface area contributed by atoms with Crippen molar-refractivity contribution >= 4 is 79.7 Å². The molecule has 12 heteroatoms. The molecule has 190 valence electrons. The normalized spacial score (nSPS) is 11.1. The van der Waals surface area contributed by atoms with Crippen LogP contribution in [0.5, 0.6) is 0 Å². The van der Waals surface area contributed by atoms with Crippen molar-refractivity contribution in [2.75, 3.05) is 17.2 Å². The minimum absolute atomic E-state index is 0.382. The van der Waals surface area contributed by atoms with E-state index in [9.17, 15) is 4.79 Å². The number of fused-ring (bicyclic) bond motifs is 2. The molecule has 0 saturated heterocycles. The lowest BCUT2D eigenvalue weighted by molar-refractivity contribution is -0.111. The predicted octanol–water partition coefficient (Wildman–Crippen LogP) is 5.95. The number of hydrogen-bond donors (Lipinski definition) is 2. The zero-order chi connectivity index (χ0) is 26.3. The summed E-state index contributed by atoms with van der Waals surface area (Å²) in [6.07, 6.45) is 6.06. The molecule has 2 N–H and O–H groups in total. The molecule has 3 heterocycles. The monoisotopic (exact) mass is 655 g/mol. The maximum atomic E-state index is 12.2. The molecular weight excluding hydrogens is 636 g/mol. The molecule has 0 saturated carbocycles. The maximum absolute atomic E-state index is 12.2. The molecule has 0 aliphatic heterocycles. The van der Waals surface area contributed by atoms with Crippen molar-refractivity contribution in [2.45, 2.75) is 12.8 Å². The minimum atomic E-state index is -0.391. The highest BCUT2D eigenvalue weighted by Crippen LogP contribution is 2.29. The Kier molecular flexibility index (Phi) is 8.61. The molecule has 38 heavy (non-hydrogen) atoms. The second kappa shape index (κ2) is 12.5. The smallest absolute Gasteiger partial charge is 0.300 e. The van der Waals surface area contributed by atoms with Gasteiger partial charge >= 0.3 is 0 Å². The van der Waals surface area contributed by atoms with Crippen molar-refractivity contribution in [1.82, 2.24) is 24.6 Å². The number of pyridine rings is 1. The summed E-state index contributed by atoms with van der Waals surface area (Å²) in [5, 5.41) is 11.6. The lowest BCUT2D eigenvalue weighted by atomic mass is 10.1. The quantitative estimate of drug-likeness (QED) is 0.0921. The van der Waals surface area contributed by atoms with Gasteiger partial charge in [-0.2, -0.15) is 5.10 Å². The van der Waals surface area contributed by atoms with E-state index in [1.165, 1.54) is 12.7 Å². The summed E-state index contributed by atoms with van der Waals surface area (Å²) in [7, 11) is 0. The average molecular weight is 656 g/mol. The van der Waals surface area contributed by atoms with Crippen LogP contribution in [0.15, 0.2) is 67.4 Å². The number of carbonyl (C=O) groups excluding carboxylic acids is 1. The number of carbonyl (C=O) groups is 1. The highest BCUT2D eigenvalue weighted by molar-refractivity contribution is 14.2. The summed E-state index contributed by atoms with van der Waals surface area (Å²) in [6, 6.07) is 15.2. The molecule has 1 amide bonds. The summed E-state index contributed by atoms with van der Waals surface area (Å²) in [4.78, 5) is 25.2. The minimum Gasteiger partial charge on any atom is -0.351 e. The summed E-state index contributed by atoms with van der Waals surface area (Å²) in [5.41, 5.74) is 4.97. The van der Waals surface area contributed by atoms with Gasteiger partial charge in [0.1, 0.15) is 18.5 Å².